The van der Waals surface area contributed by atoms with E-state index < -0.39 is 5.97 Å². The van der Waals surface area contributed by atoms with Crippen LogP contribution in [0.15, 0.2) is 30.3 Å². The van der Waals surface area contributed by atoms with Crippen LogP contribution in [0.4, 0.5) is 5.00 Å². The van der Waals surface area contributed by atoms with E-state index in [1.807, 2.05) is 24.3 Å². The first kappa shape index (κ1) is 20.0. The van der Waals surface area contributed by atoms with Crippen molar-refractivity contribution >= 4 is 51.6 Å². The Bertz CT molecular complexity index is 950. The lowest BCUT2D eigenvalue weighted by molar-refractivity contribution is -0.115. The van der Waals surface area contributed by atoms with Crippen LogP contribution in [-0.2, 0) is 22.4 Å². The quantitative estimate of drug-likeness (QED) is 0.441. The molecule has 0 radical (unpaired) electrons. The third-order valence-corrected chi connectivity index (χ3v) is 5.74. The number of amides is 1. The zero-order valence-electron chi connectivity index (χ0n) is 15.5. The number of esters is 1. The monoisotopic (exact) mass is 416 g/mol. The van der Waals surface area contributed by atoms with Crippen molar-refractivity contribution in [3.63, 3.8) is 0 Å². The molecule has 6 nitrogen and oxygen atoms in total. The van der Waals surface area contributed by atoms with Crippen LogP contribution in [0.5, 0.6) is 5.75 Å². The summed E-state index contributed by atoms with van der Waals surface area (Å²) in [4.78, 5) is 25.5. The van der Waals surface area contributed by atoms with Gasteiger partial charge in [-0.15, -0.1) is 11.3 Å². The van der Waals surface area contributed by atoms with Gasteiger partial charge in [0.2, 0.25) is 5.91 Å². The third-order valence-electron chi connectivity index (χ3n) is 4.33. The lowest BCUT2D eigenvalue weighted by atomic mass is 10.1. The molecule has 0 atom stereocenters. The number of nitrogens with one attached hydrogen (secondary N) is 2. The van der Waals surface area contributed by atoms with Crippen molar-refractivity contribution < 1.29 is 19.1 Å². The van der Waals surface area contributed by atoms with Crippen molar-refractivity contribution in [2.75, 3.05) is 19.5 Å². The molecule has 0 aliphatic heterocycles. The van der Waals surface area contributed by atoms with Crippen LogP contribution in [0.25, 0.3) is 6.08 Å². The Morgan fingerprint density at radius 2 is 2.00 bits per heavy atom. The Kier molecular flexibility index (Phi) is 6.43. The number of thiocarbonyl (C=S) groups is 1. The minimum atomic E-state index is -0.396. The van der Waals surface area contributed by atoms with Crippen molar-refractivity contribution in [2.45, 2.75) is 19.3 Å². The minimum absolute atomic E-state index is 0.125. The number of rotatable bonds is 5. The van der Waals surface area contributed by atoms with Gasteiger partial charge in [-0.25, -0.2) is 4.79 Å². The Labute approximate surface area is 172 Å². The summed E-state index contributed by atoms with van der Waals surface area (Å²) in [6.45, 7) is 0. The molecular weight excluding hydrogens is 396 g/mol. The van der Waals surface area contributed by atoms with E-state index in [-0.39, 0.29) is 11.0 Å². The van der Waals surface area contributed by atoms with Crippen molar-refractivity contribution in [3.05, 3.63) is 51.9 Å². The summed E-state index contributed by atoms with van der Waals surface area (Å²) in [5.41, 5.74) is 2.31. The molecule has 1 heterocycles. The van der Waals surface area contributed by atoms with E-state index in [9.17, 15) is 9.59 Å². The molecular formula is C20H20N2O4S2. The van der Waals surface area contributed by atoms with E-state index in [1.165, 1.54) is 24.5 Å². The largest absolute Gasteiger partial charge is 0.496 e. The number of hydrogen-bond donors (Lipinski definition) is 2. The third kappa shape index (κ3) is 4.40. The molecule has 1 aromatic heterocycles. The van der Waals surface area contributed by atoms with Crippen LogP contribution >= 0.6 is 23.6 Å². The number of ether oxygens (including phenoxy) is 2. The fourth-order valence-corrected chi connectivity index (χ4v) is 4.62. The molecule has 2 N–H and O–H groups in total. The summed E-state index contributed by atoms with van der Waals surface area (Å²) >= 11 is 6.71. The van der Waals surface area contributed by atoms with Gasteiger partial charge in [0.15, 0.2) is 5.11 Å². The maximum atomic E-state index is 12.2. The molecule has 28 heavy (non-hydrogen) atoms. The summed E-state index contributed by atoms with van der Waals surface area (Å²) in [5.74, 6) is -0.109. The van der Waals surface area contributed by atoms with E-state index in [1.54, 1.807) is 13.2 Å². The fourth-order valence-electron chi connectivity index (χ4n) is 3.07. The molecule has 0 bridgehead atoms. The van der Waals surface area contributed by atoms with Crippen molar-refractivity contribution in [3.8, 4) is 5.75 Å². The zero-order chi connectivity index (χ0) is 20.1. The lowest BCUT2D eigenvalue weighted by Crippen LogP contribution is -2.33. The maximum Gasteiger partial charge on any atom is 0.341 e. The smallest absolute Gasteiger partial charge is 0.341 e. The predicted octanol–water partition coefficient (Wildman–Crippen LogP) is 3.56. The van der Waals surface area contributed by atoms with Crippen molar-refractivity contribution in [1.82, 2.24) is 5.32 Å². The summed E-state index contributed by atoms with van der Waals surface area (Å²) in [6, 6.07) is 7.37. The van der Waals surface area contributed by atoms with Crippen molar-refractivity contribution in [1.29, 1.82) is 0 Å². The van der Waals surface area contributed by atoms with Crippen LogP contribution in [0.3, 0.4) is 0 Å². The molecule has 8 heteroatoms. The SMILES string of the molecule is COC(=O)c1c(NC(=S)NC(=O)/C=C/c2ccccc2OC)sc2c1CCC2. The first-order valence-electron chi connectivity index (χ1n) is 8.69. The molecule has 1 aliphatic carbocycles. The number of carbonyl (C=O) groups excluding carboxylic acids is 2. The average molecular weight is 417 g/mol. The molecule has 0 fully saturated rings. The number of para-hydroxylation sites is 1. The molecule has 0 unspecified atom stereocenters. The van der Waals surface area contributed by atoms with Gasteiger partial charge in [0.25, 0.3) is 0 Å². The molecule has 0 spiro atoms. The second kappa shape index (κ2) is 8.99. The Morgan fingerprint density at radius 1 is 1.21 bits per heavy atom. The van der Waals surface area contributed by atoms with E-state index in [4.69, 9.17) is 21.7 Å². The van der Waals surface area contributed by atoms with Gasteiger partial charge in [0.05, 0.1) is 19.8 Å². The Morgan fingerprint density at radius 3 is 2.75 bits per heavy atom. The van der Waals surface area contributed by atoms with Gasteiger partial charge in [-0.05, 0) is 49.2 Å². The van der Waals surface area contributed by atoms with Gasteiger partial charge in [-0.1, -0.05) is 18.2 Å². The number of methoxy groups -OCH3 is 2. The molecule has 1 amide bonds. The fraction of sp³-hybridized carbons (Fsp3) is 0.250. The molecule has 0 saturated heterocycles. The zero-order valence-corrected chi connectivity index (χ0v) is 17.2. The Hall–Kier alpha value is -2.71. The van der Waals surface area contributed by atoms with Crippen LogP contribution in [0.2, 0.25) is 0 Å². The lowest BCUT2D eigenvalue weighted by Gasteiger charge is -2.09. The predicted molar refractivity (Wildman–Crippen MR) is 114 cm³/mol. The number of anilines is 1. The highest BCUT2D eigenvalue weighted by Gasteiger charge is 2.27. The summed E-state index contributed by atoms with van der Waals surface area (Å²) in [7, 11) is 2.93. The summed E-state index contributed by atoms with van der Waals surface area (Å²) in [6.07, 6.45) is 5.84. The standard InChI is InChI=1S/C20H20N2O4S2/c1-25-14-8-4-3-6-12(14)10-11-16(23)21-20(27)22-18-17(19(24)26-2)13-7-5-9-15(13)28-18/h3-4,6,8,10-11H,5,7,9H2,1-2H3,(H2,21,22,23,27)/b11-10+. The second-order valence-corrected chi connectivity index (χ2v) is 7.59. The molecule has 1 aliphatic rings. The van der Waals surface area contributed by atoms with E-state index in [0.717, 1.165) is 35.3 Å². The molecule has 2 aromatic rings. The molecule has 146 valence electrons. The molecule has 1 aromatic carbocycles. The minimum Gasteiger partial charge on any atom is -0.496 e. The van der Waals surface area contributed by atoms with Gasteiger partial charge in [0.1, 0.15) is 10.8 Å². The van der Waals surface area contributed by atoms with E-state index in [2.05, 4.69) is 10.6 Å². The van der Waals surface area contributed by atoms with Gasteiger partial charge < -0.3 is 14.8 Å². The van der Waals surface area contributed by atoms with Gasteiger partial charge in [-0.3, -0.25) is 10.1 Å². The topological polar surface area (TPSA) is 76.7 Å². The van der Waals surface area contributed by atoms with Gasteiger partial charge in [0, 0.05) is 16.5 Å². The number of benzene rings is 1. The van der Waals surface area contributed by atoms with Gasteiger partial charge in [-0.2, -0.15) is 0 Å². The number of thiophene rings is 1. The molecule has 0 saturated carbocycles. The Balaban J connectivity index is 1.67. The maximum absolute atomic E-state index is 12.2. The summed E-state index contributed by atoms with van der Waals surface area (Å²) in [5, 5.41) is 6.29. The van der Waals surface area contributed by atoms with Crippen LogP contribution in [0.1, 0.15) is 32.8 Å². The normalized spacial score (nSPS) is 12.5. The first-order valence-corrected chi connectivity index (χ1v) is 9.92. The highest BCUT2D eigenvalue weighted by molar-refractivity contribution is 7.80. The number of hydrogen-bond acceptors (Lipinski definition) is 6. The van der Waals surface area contributed by atoms with Crippen LogP contribution in [-0.4, -0.2) is 31.2 Å². The number of carbonyl (C=O) groups is 2. The average Bonchev–Trinajstić information content (AvgIpc) is 3.26. The van der Waals surface area contributed by atoms with Gasteiger partial charge >= 0.3 is 5.97 Å². The van der Waals surface area contributed by atoms with Crippen LogP contribution < -0.4 is 15.4 Å². The molecule has 3 rings (SSSR count). The summed E-state index contributed by atoms with van der Waals surface area (Å²) < 4.78 is 10.2. The second-order valence-electron chi connectivity index (χ2n) is 6.07. The highest BCUT2D eigenvalue weighted by Crippen LogP contribution is 2.39. The number of fused-ring (bicyclic) bond motifs is 1. The van der Waals surface area contributed by atoms with E-state index in [0.29, 0.717) is 16.3 Å². The highest BCUT2D eigenvalue weighted by atomic mass is 32.1. The van der Waals surface area contributed by atoms with Crippen molar-refractivity contribution in [2.24, 2.45) is 0 Å². The van der Waals surface area contributed by atoms with E-state index >= 15 is 0 Å². The first-order chi connectivity index (χ1) is 13.5. The number of aryl methyl sites for hydroxylation is 1. The van der Waals surface area contributed by atoms with Crippen LogP contribution in [0, 0.1) is 0 Å².